The molecular weight excluding hydrogens is 1000 g/mol. The molecule has 11 heavy (non-hydrogen) atoms. The smallest absolute Gasteiger partial charge is 1.00 e. The third-order valence-corrected chi connectivity index (χ3v) is 0. The van der Waals surface area contributed by atoms with Crippen molar-refractivity contribution in [2.45, 2.75) is 0 Å². The third-order valence-electron chi connectivity index (χ3n) is 0. The first-order chi connectivity index (χ1) is 1.00. The van der Waals surface area contributed by atoms with Crippen LogP contribution in [0, 0.1) is 11.8 Å². The third kappa shape index (κ3) is 78.0. The van der Waals surface area contributed by atoms with Crippen molar-refractivity contribution in [1.82, 2.24) is 0 Å². The van der Waals surface area contributed by atoms with Crippen molar-refractivity contribution < 1.29 is 237 Å². The Morgan fingerprint density at radius 3 is 0.545 bits per heavy atom. The maximum Gasteiger partial charge on any atom is 1.00 e. The molecule has 0 aromatic heterocycles. The first-order valence-electron chi connectivity index (χ1n) is 0.224. The molecule has 0 aromatic rings. The number of hydrogen-bond donors (Lipinski definition) is 0. The van der Waals surface area contributed by atoms with Gasteiger partial charge in [0.15, 0.2) is 0 Å². The van der Waals surface area contributed by atoms with E-state index in [4.69, 9.17) is 11.8 Å². The number of nitrogens with zero attached hydrogens (tertiary/aromatic N) is 1. The molecule has 0 unspecified atom stereocenters. The van der Waals surface area contributed by atoms with E-state index in [1.807, 2.05) is 0 Å². The molecule has 0 fully saturated rings. The molecule has 0 heterocycles. The Morgan fingerprint density at radius 1 is 0.545 bits per heavy atom. The minimum Gasteiger partial charge on any atom is -1.00 e. The Labute approximate surface area is 241 Å². The van der Waals surface area contributed by atoms with Gasteiger partial charge in [-0.15, -0.1) is 0 Å². The van der Waals surface area contributed by atoms with Gasteiger partial charge < -0.3 is 108 Å². The molecule has 0 amide bonds. The van der Waals surface area contributed by atoms with E-state index in [9.17, 15) is 0 Å². The monoisotopic (exact) mass is 1000 g/mol. The van der Waals surface area contributed by atoms with Gasteiger partial charge >= 0.3 is 141 Å². The van der Waals surface area contributed by atoms with Gasteiger partial charge in [0.2, 0.25) is 0 Å². The van der Waals surface area contributed by atoms with E-state index in [-0.39, 0.29) is 237 Å². The van der Waals surface area contributed by atoms with Crippen molar-refractivity contribution in [3.8, 4) is 0 Å². The molecule has 1 nitrogen and oxygen atoms in total. The van der Waals surface area contributed by atoms with Crippen LogP contribution in [-0.4, -0.2) is 0 Å². The van der Waals surface area contributed by atoms with Crippen LogP contribution in [0.15, 0.2) is 0 Å². The Hall–Kier alpha value is 7.01. The summed E-state index contributed by atoms with van der Waals surface area (Å²) in [6.07, 6.45) is 0. The van der Waals surface area contributed by atoms with Crippen LogP contribution >= 0.6 is 0 Å². The van der Waals surface area contributed by atoms with Crippen LogP contribution in [0.2, 0.25) is 0 Å². The predicted molar refractivity (Wildman–Crippen MR) is 4.97 cm³/mol. The molecule has 0 bridgehead atoms. The quantitative estimate of drug-likeness (QED) is 0.135. The number of hydrogen-bond acceptors (Lipinski definition) is 1. The summed E-state index contributed by atoms with van der Waals surface area (Å²) in [6, 6.07) is 0. The van der Waals surface area contributed by atoms with Gasteiger partial charge in [-0.05, 0) is 0 Å². The summed E-state index contributed by atoms with van der Waals surface area (Å²) in [7, 11) is 0. The molecule has 0 aromatic carbocycles. The summed E-state index contributed by atoms with van der Waals surface area (Å²) in [5.74, 6) is 0. The molecule has 0 aliphatic rings. The molecule has 0 radical (unpaired) electrons. The summed E-state index contributed by atoms with van der Waals surface area (Å²) >= 11 is 0. The summed E-state index contributed by atoms with van der Waals surface area (Å²) in [4.78, 5) is 0. The van der Waals surface area contributed by atoms with E-state index in [0.717, 1.165) is 0 Å². The van der Waals surface area contributed by atoms with Gasteiger partial charge in [0, 0.05) is 0 Å². The van der Waals surface area contributed by atoms with E-state index in [1.165, 1.54) is 0 Å². The van der Waals surface area contributed by atoms with E-state index in [0.29, 0.717) is 0 Å². The molecule has 0 spiro atoms. The fourth-order valence-corrected chi connectivity index (χ4v) is 0. The molecule has 0 atom stereocenters. The first-order valence-corrected chi connectivity index (χ1v) is 0.224. The van der Waals surface area contributed by atoms with Crippen molar-refractivity contribution in [3.05, 3.63) is 6.57 Å². The molecule has 0 rings (SSSR count). The second kappa shape index (κ2) is 88.7. The Balaban J connectivity index is -0.000000000139. The molecule has 0 N–H and O–H groups in total. The largest absolute Gasteiger partial charge is 1.00 e. The molecule has 10 heteroatoms. The standard InChI is InChI=1S/CN.4Ag.4HI.K/c1-2;;;;;;;;;/h;;;;;4*1H;/q-1;4*+1;;;;;+1/p-4. The van der Waals surface area contributed by atoms with Gasteiger partial charge in [0.25, 0.3) is 0 Å². The van der Waals surface area contributed by atoms with Gasteiger partial charge in [-0.25, -0.2) is 0 Å². The Morgan fingerprint density at radius 2 is 0.545 bits per heavy atom. The average molecular weight is 1000 g/mol. The number of rotatable bonds is 0. The zero-order valence-electron chi connectivity index (χ0n) is 4.67. The fourth-order valence-electron chi connectivity index (χ4n) is 0. The minimum atomic E-state index is 0. The molecule has 0 aliphatic carbocycles. The molecule has 0 aliphatic heterocycles. The van der Waals surface area contributed by atoms with Crippen LogP contribution in [0.5, 0.6) is 0 Å². The zero-order chi connectivity index (χ0) is 2.00. The van der Waals surface area contributed by atoms with Gasteiger partial charge in [0.05, 0.1) is 0 Å². The van der Waals surface area contributed by atoms with Crippen LogP contribution in [0.4, 0.5) is 0 Å². The maximum absolute atomic E-state index is 6.25. The van der Waals surface area contributed by atoms with Crippen molar-refractivity contribution in [1.29, 1.82) is 5.26 Å². The van der Waals surface area contributed by atoms with Crippen LogP contribution in [0.3, 0.4) is 0 Å². The predicted octanol–water partition coefficient (Wildman–Crippen LogP) is -14.9. The Bertz CT molecular complexity index is 26.8. The van der Waals surface area contributed by atoms with Crippen LogP contribution in [-0.2, 0) is 89.5 Å². The summed E-state index contributed by atoms with van der Waals surface area (Å²) in [6.45, 7) is 4.75. The van der Waals surface area contributed by atoms with Crippen LogP contribution < -0.4 is 147 Å². The zero-order valence-corrected chi connectivity index (χ0v) is 22.3. The van der Waals surface area contributed by atoms with Crippen molar-refractivity contribution >= 4 is 0 Å². The van der Waals surface area contributed by atoms with E-state index >= 15 is 0 Å². The fraction of sp³-hybridized carbons (Fsp3) is 0. The Kier molecular flexibility index (Phi) is 655. The minimum absolute atomic E-state index is 0. The molecular formula is CAg4I4KN. The maximum atomic E-state index is 6.25. The molecule has 82 valence electrons. The van der Waals surface area contributed by atoms with Crippen molar-refractivity contribution in [3.63, 3.8) is 0 Å². The van der Waals surface area contributed by atoms with Crippen molar-refractivity contribution in [2.24, 2.45) is 0 Å². The normalized spacial score (nSPS) is 0.182. The van der Waals surface area contributed by atoms with Crippen molar-refractivity contribution in [2.75, 3.05) is 0 Å². The van der Waals surface area contributed by atoms with Gasteiger partial charge in [0.1, 0.15) is 0 Å². The average Bonchev–Trinajstić information content (AvgIpc) is 1.00. The second-order valence-electron chi connectivity index (χ2n) is 0. The SMILES string of the molecule is [Ag+].[Ag+].[Ag+].[Ag+].[C-]#N.[I-].[I-].[I-].[I-].[K+]. The van der Waals surface area contributed by atoms with Gasteiger partial charge in [-0.1, -0.05) is 0 Å². The topological polar surface area (TPSA) is 23.8 Å². The summed E-state index contributed by atoms with van der Waals surface area (Å²) in [5, 5.41) is 6.25. The van der Waals surface area contributed by atoms with Crippen LogP contribution in [0.1, 0.15) is 0 Å². The van der Waals surface area contributed by atoms with E-state index in [2.05, 4.69) is 0 Å². The molecule has 0 saturated carbocycles. The van der Waals surface area contributed by atoms with Gasteiger partial charge in [-0.3, -0.25) is 0 Å². The van der Waals surface area contributed by atoms with Crippen LogP contribution in [0.25, 0.3) is 0 Å². The second-order valence-corrected chi connectivity index (χ2v) is 0. The van der Waals surface area contributed by atoms with Gasteiger partial charge in [-0.2, -0.15) is 0 Å². The van der Waals surface area contributed by atoms with E-state index < -0.39 is 0 Å². The molecule has 0 saturated heterocycles. The van der Waals surface area contributed by atoms with E-state index in [1.54, 1.807) is 0 Å². The number of halogens is 4. The summed E-state index contributed by atoms with van der Waals surface area (Å²) < 4.78 is 0. The summed E-state index contributed by atoms with van der Waals surface area (Å²) in [5.41, 5.74) is 0. The first kappa shape index (κ1) is 81.2.